The molecule has 0 spiro atoms. The molecule has 0 aliphatic rings. The first-order valence-electron chi connectivity index (χ1n) is 8.95. The van der Waals surface area contributed by atoms with E-state index in [-0.39, 0.29) is 17.1 Å². The van der Waals surface area contributed by atoms with Crippen molar-refractivity contribution in [1.82, 2.24) is 20.1 Å². The summed E-state index contributed by atoms with van der Waals surface area (Å²) < 4.78 is 21.8. The zero-order valence-electron chi connectivity index (χ0n) is 16.1. The number of amides is 1. The molecule has 144 valence electrons. The molecule has 0 saturated heterocycles. The van der Waals surface area contributed by atoms with Crippen molar-refractivity contribution in [1.29, 1.82) is 0 Å². The van der Waals surface area contributed by atoms with E-state index in [0.717, 1.165) is 16.6 Å². The van der Waals surface area contributed by atoms with Gasteiger partial charge in [0.25, 0.3) is 0 Å². The largest absolute Gasteiger partial charge is 0.489 e. The number of nitrogens with one attached hydrogen (secondary N) is 2. The lowest BCUT2D eigenvalue weighted by Gasteiger charge is -2.24. The van der Waals surface area contributed by atoms with E-state index in [1.807, 2.05) is 39.2 Å². The number of rotatable bonds is 7. The number of aromatic nitrogens is 3. The molecule has 1 amide bonds. The molecule has 7 heteroatoms. The van der Waals surface area contributed by atoms with Gasteiger partial charge in [-0.3, -0.25) is 9.48 Å². The zero-order valence-corrected chi connectivity index (χ0v) is 16.1. The first-order chi connectivity index (χ1) is 12.8. The number of benzene rings is 1. The minimum atomic E-state index is -0.410. The van der Waals surface area contributed by atoms with E-state index in [9.17, 15) is 9.18 Å². The number of ether oxygens (including phenoxy) is 1. The van der Waals surface area contributed by atoms with Crippen LogP contribution in [0.25, 0.3) is 10.9 Å². The molecule has 0 aliphatic heterocycles. The van der Waals surface area contributed by atoms with Crippen molar-refractivity contribution < 1.29 is 13.9 Å². The second-order valence-electron chi connectivity index (χ2n) is 7.39. The zero-order chi connectivity index (χ0) is 19.6. The molecule has 0 atom stereocenters. The molecular formula is C20H25FN4O2. The number of fused-ring (bicyclic) bond motifs is 1. The summed E-state index contributed by atoms with van der Waals surface area (Å²) in [4.78, 5) is 14.4. The van der Waals surface area contributed by atoms with Crippen molar-refractivity contribution in [2.45, 2.75) is 39.7 Å². The molecule has 6 nitrogen and oxygen atoms in total. The molecule has 2 aromatic heterocycles. The predicted octanol–water partition coefficient (Wildman–Crippen LogP) is 3.30. The van der Waals surface area contributed by atoms with Gasteiger partial charge in [-0.25, -0.2) is 4.39 Å². The Kier molecular flexibility index (Phi) is 5.21. The van der Waals surface area contributed by atoms with Gasteiger partial charge in [-0.15, -0.1) is 0 Å². The quantitative estimate of drug-likeness (QED) is 0.668. The minimum absolute atomic E-state index is 0.0770. The average molecular weight is 372 g/mol. The third-order valence-corrected chi connectivity index (χ3v) is 4.59. The summed E-state index contributed by atoms with van der Waals surface area (Å²) in [6, 6.07) is 5.08. The molecule has 0 saturated carbocycles. The van der Waals surface area contributed by atoms with Gasteiger partial charge in [0.15, 0.2) is 11.6 Å². The van der Waals surface area contributed by atoms with E-state index in [2.05, 4.69) is 15.4 Å². The molecular weight excluding hydrogens is 347 g/mol. The van der Waals surface area contributed by atoms with Crippen molar-refractivity contribution in [3.8, 4) is 5.75 Å². The van der Waals surface area contributed by atoms with Gasteiger partial charge in [0.1, 0.15) is 6.61 Å². The SMILES string of the molecule is CC(=O)NCC(C)(C)c1c[nH]c2cc(F)c(OCCn3ccc(C)n3)cc12. The highest BCUT2D eigenvalue weighted by atomic mass is 19.1. The van der Waals surface area contributed by atoms with E-state index in [4.69, 9.17) is 4.74 Å². The summed E-state index contributed by atoms with van der Waals surface area (Å²) in [6.45, 7) is 8.83. The van der Waals surface area contributed by atoms with Crippen LogP contribution in [0.1, 0.15) is 32.0 Å². The number of hydrogen-bond acceptors (Lipinski definition) is 3. The summed E-state index contributed by atoms with van der Waals surface area (Å²) >= 11 is 0. The number of H-pyrrole nitrogens is 1. The molecule has 3 aromatic rings. The Balaban J connectivity index is 1.80. The molecule has 2 heterocycles. The molecule has 0 aliphatic carbocycles. The van der Waals surface area contributed by atoms with Crippen molar-refractivity contribution in [2.24, 2.45) is 0 Å². The highest BCUT2D eigenvalue weighted by Crippen LogP contribution is 2.33. The van der Waals surface area contributed by atoms with Gasteiger partial charge in [-0.05, 0) is 24.6 Å². The van der Waals surface area contributed by atoms with Gasteiger partial charge in [0, 0.05) is 48.2 Å². The molecule has 0 unspecified atom stereocenters. The van der Waals surface area contributed by atoms with Crippen LogP contribution >= 0.6 is 0 Å². The number of aryl methyl sites for hydroxylation is 1. The van der Waals surface area contributed by atoms with Crippen LogP contribution in [0.2, 0.25) is 0 Å². The van der Waals surface area contributed by atoms with Crippen LogP contribution in [0.15, 0.2) is 30.6 Å². The van der Waals surface area contributed by atoms with E-state index in [0.29, 0.717) is 25.2 Å². The predicted molar refractivity (Wildman–Crippen MR) is 102 cm³/mol. The number of carbonyl (C=O) groups excluding carboxylic acids is 1. The fraction of sp³-hybridized carbons (Fsp3) is 0.400. The first kappa shape index (κ1) is 18.9. The van der Waals surface area contributed by atoms with Crippen LogP contribution in [-0.4, -0.2) is 33.8 Å². The number of nitrogens with zero attached hydrogens (tertiary/aromatic N) is 2. The molecule has 3 rings (SSSR count). The number of carbonyl (C=O) groups is 1. The molecule has 1 aromatic carbocycles. The number of aromatic amines is 1. The first-order valence-corrected chi connectivity index (χ1v) is 8.95. The van der Waals surface area contributed by atoms with Gasteiger partial charge in [0.05, 0.1) is 12.2 Å². The molecule has 0 fully saturated rings. The van der Waals surface area contributed by atoms with E-state index in [1.165, 1.54) is 13.0 Å². The Hall–Kier alpha value is -2.83. The second kappa shape index (κ2) is 7.42. The smallest absolute Gasteiger partial charge is 0.216 e. The summed E-state index contributed by atoms with van der Waals surface area (Å²) in [6.07, 6.45) is 3.73. The summed E-state index contributed by atoms with van der Waals surface area (Å²) in [5, 5.41) is 8.03. The van der Waals surface area contributed by atoms with Crippen LogP contribution in [0.4, 0.5) is 4.39 Å². The Morgan fingerprint density at radius 1 is 1.41 bits per heavy atom. The maximum absolute atomic E-state index is 14.4. The van der Waals surface area contributed by atoms with Crippen molar-refractivity contribution in [3.63, 3.8) is 0 Å². The monoisotopic (exact) mass is 372 g/mol. The van der Waals surface area contributed by atoms with Crippen molar-refractivity contribution in [3.05, 3.63) is 47.7 Å². The van der Waals surface area contributed by atoms with E-state index in [1.54, 1.807) is 10.7 Å². The van der Waals surface area contributed by atoms with Crippen molar-refractivity contribution in [2.75, 3.05) is 13.2 Å². The average Bonchev–Trinajstić information content (AvgIpc) is 3.19. The lowest BCUT2D eigenvalue weighted by molar-refractivity contribution is -0.119. The standard InChI is InChI=1S/C20H25FN4O2/c1-13-5-6-25(24-13)7-8-27-19-9-15-16(11-22-18(15)10-17(19)21)20(3,4)12-23-14(2)26/h5-6,9-11,22H,7-8,12H2,1-4H3,(H,23,26). The molecule has 2 N–H and O–H groups in total. The normalized spacial score (nSPS) is 11.7. The van der Waals surface area contributed by atoms with Crippen LogP contribution in [0.3, 0.4) is 0 Å². The summed E-state index contributed by atoms with van der Waals surface area (Å²) in [5.41, 5.74) is 2.32. The maximum atomic E-state index is 14.4. The van der Waals surface area contributed by atoms with Crippen LogP contribution < -0.4 is 10.1 Å². The van der Waals surface area contributed by atoms with Gasteiger partial charge in [-0.2, -0.15) is 5.10 Å². The van der Waals surface area contributed by atoms with Gasteiger partial charge in [-0.1, -0.05) is 13.8 Å². The Morgan fingerprint density at radius 3 is 2.85 bits per heavy atom. The molecule has 27 heavy (non-hydrogen) atoms. The lowest BCUT2D eigenvalue weighted by Crippen LogP contribution is -2.35. The van der Waals surface area contributed by atoms with Crippen molar-refractivity contribution >= 4 is 16.8 Å². The summed E-state index contributed by atoms with van der Waals surface area (Å²) in [5.74, 6) is -0.276. The van der Waals surface area contributed by atoms with Crippen LogP contribution in [0, 0.1) is 12.7 Å². The lowest BCUT2D eigenvalue weighted by atomic mass is 9.84. The number of halogens is 1. The summed E-state index contributed by atoms with van der Waals surface area (Å²) in [7, 11) is 0. The van der Waals surface area contributed by atoms with Gasteiger partial charge >= 0.3 is 0 Å². The van der Waals surface area contributed by atoms with Gasteiger partial charge in [0.2, 0.25) is 5.91 Å². The fourth-order valence-electron chi connectivity index (χ4n) is 3.07. The minimum Gasteiger partial charge on any atom is -0.489 e. The van der Waals surface area contributed by atoms with E-state index >= 15 is 0 Å². The topological polar surface area (TPSA) is 71.9 Å². The van der Waals surface area contributed by atoms with E-state index < -0.39 is 5.82 Å². The van der Waals surface area contributed by atoms with Crippen LogP contribution in [-0.2, 0) is 16.8 Å². The van der Waals surface area contributed by atoms with Crippen LogP contribution in [0.5, 0.6) is 5.75 Å². The Bertz CT molecular complexity index is 958. The fourth-order valence-corrected chi connectivity index (χ4v) is 3.07. The Morgan fingerprint density at radius 2 is 2.19 bits per heavy atom. The highest BCUT2D eigenvalue weighted by Gasteiger charge is 2.25. The number of hydrogen-bond donors (Lipinski definition) is 2. The molecule has 0 bridgehead atoms. The Labute approximate surface area is 157 Å². The molecule has 0 radical (unpaired) electrons. The second-order valence-corrected chi connectivity index (χ2v) is 7.39. The van der Waals surface area contributed by atoms with Gasteiger partial charge < -0.3 is 15.0 Å². The maximum Gasteiger partial charge on any atom is 0.216 e. The third kappa shape index (κ3) is 4.30. The highest BCUT2D eigenvalue weighted by molar-refractivity contribution is 5.86. The third-order valence-electron chi connectivity index (χ3n) is 4.59.